The molecule has 9 heteroatoms. The van der Waals surface area contributed by atoms with E-state index in [1.807, 2.05) is 6.07 Å². The van der Waals surface area contributed by atoms with Crippen LogP contribution in [0.25, 0.3) is 0 Å². The number of rotatable bonds is 4. The first-order chi connectivity index (χ1) is 16.6. The van der Waals surface area contributed by atoms with Gasteiger partial charge in [0.25, 0.3) is 0 Å². The molecule has 7 nitrogen and oxygen atoms in total. The normalized spacial score (nSPS) is 18.1. The van der Waals surface area contributed by atoms with Crippen molar-refractivity contribution in [2.24, 2.45) is 0 Å². The second kappa shape index (κ2) is 10.5. The number of nitrogens with one attached hydrogen (secondary N) is 1. The van der Waals surface area contributed by atoms with Gasteiger partial charge in [0.05, 0.1) is 12.7 Å². The molecule has 3 aliphatic rings. The fourth-order valence-corrected chi connectivity index (χ4v) is 6.53. The summed E-state index contributed by atoms with van der Waals surface area (Å²) in [5.74, 6) is 1.38. The summed E-state index contributed by atoms with van der Waals surface area (Å²) in [6.45, 7) is 4.69. The van der Waals surface area contributed by atoms with Crippen molar-refractivity contribution in [2.45, 2.75) is 45.1 Å². The van der Waals surface area contributed by atoms with Gasteiger partial charge in [0.15, 0.2) is 16.6 Å². The second-order valence-corrected chi connectivity index (χ2v) is 10.5. The number of thiocarbonyl (C=S) groups is 1. The average molecular weight is 502 g/mol. The van der Waals surface area contributed by atoms with E-state index in [-0.39, 0.29) is 5.97 Å². The van der Waals surface area contributed by atoms with Crippen LogP contribution in [0.15, 0.2) is 18.2 Å². The van der Waals surface area contributed by atoms with E-state index in [1.54, 1.807) is 11.3 Å². The highest BCUT2D eigenvalue weighted by molar-refractivity contribution is 7.80. The zero-order valence-electron chi connectivity index (χ0n) is 19.6. The number of benzene rings is 1. The van der Waals surface area contributed by atoms with Crippen LogP contribution in [0.1, 0.15) is 52.0 Å². The maximum absolute atomic E-state index is 12.7. The van der Waals surface area contributed by atoms with Crippen molar-refractivity contribution in [3.8, 4) is 11.5 Å². The number of carbonyl (C=O) groups excluding carboxylic acids is 1. The van der Waals surface area contributed by atoms with Crippen LogP contribution in [0, 0.1) is 0 Å². The highest BCUT2D eigenvalue weighted by atomic mass is 32.1. The number of anilines is 1. The molecule has 5 rings (SSSR count). The van der Waals surface area contributed by atoms with E-state index < -0.39 is 0 Å². The van der Waals surface area contributed by atoms with Crippen molar-refractivity contribution in [3.63, 3.8) is 0 Å². The van der Waals surface area contributed by atoms with Gasteiger partial charge in [-0.1, -0.05) is 18.9 Å². The highest BCUT2D eigenvalue weighted by Crippen LogP contribution is 2.38. The molecule has 2 aliphatic heterocycles. The minimum atomic E-state index is -0.267. The van der Waals surface area contributed by atoms with Gasteiger partial charge in [0, 0.05) is 37.6 Å². The molecule has 0 amide bonds. The van der Waals surface area contributed by atoms with Crippen molar-refractivity contribution in [3.05, 3.63) is 39.8 Å². The third kappa shape index (κ3) is 5.01. The highest BCUT2D eigenvalue weighted by Gasteiger charge is 2.27. The lowest BCUT2D eigenvalue weighted by atomic mass is 9.96. The molecular formula is C25H31N3O4S2. The Hall–Kier alpha value is -2.36. The Kier molecular flexibility index (Phi) is 7.22. The van der Waals surface area contributed by atoms with Crippen LogP contribution in [0.4, 0.5) is 5.00 Å². The molecule has 1 aliphatic carbocycles. The Morgan fingerprint density at radius 2 is 1.85 bits per heavy atom. The first-order valence-electron chi connectivity index (χ1n) is 12.0. The third-order valence-corrected chi connectivity index (χ3v) is 8.35. The molecule has 34 heavy (non-hydrogen) atoms. The van der Waals surface area contributed by atoms with Gasteiger partial charge < -0.3 is 24.4 Å². The van der Waals surface area contributed by atoms with Gasteiger partial charge in [-0.05, 0) is 61.2 Å². The molecule has 0 unspecified atom stereocenters. The lowest BCUT2D eigenvalue weighted by molar-refractivity contribution is 0.0601. The van der Waals surface area contributed by atoms with Crippen molar-refractivity contribution in [2.75, 3.05) is 45.4 Å². The summed E-state index contributed by atoms with van der Waals surface area (Å²) in [4.78, 5) is 18.6. The molecule has 1 aromatic carbocycles. The number of aryl methyl sites for hydroxylation is 1. The summed E-state index contributed by atoms with van der Waals surface area (Å²) in [5.41, 5.74) is 3.07. The minimum absolute atomic E-state index is 0.267. The van der Waals surface area contributed by atoms with Crippen molar-refractivity contribution >= 4 is 39.6 Å². The van der Waals surface area contributed by atoms with Crippen LogP contribution in [-0.2, 0) is 24.1 Å². The SMILES string of the molecule is COC(=O)c1c(NC(=S)N2CCN(Cc3ccc4c(c3)OCO4)CC2)sc2c1CCCCCC2. The van der Waals surface area contributed by atoms with Crippen molar-refractivity contribution < 1.29 is 19.0 Å². The van der Waals surface area contributed by atoms with Gasteiger partial charge in [0.2, 0.25) is 6.79 Å². The average Bonchev–Trinajstić information content (AvgIpc) is 3.43. The Balaban J connectivity index is 1.21. The van der Waals surface area contributed by atoms with Crippen LogP contribution in [-0.4, -0.2) is 61.0 Å². The zero-order valence-corrected chi connectivity index (χ0v) is 21.2. The molecule has 1 fully saturated rings. The van der Waals surface area contributed by atoms with Gasteiger partial charge in [-0.3, -0.25) is 4.90 Å². The molecular weight excluding hydrogens is 470 g/mol. The molecule has 0 saturated carbocycles. The number of methoxy groups -OCH3 is 1. The number of thiophene rings is 1. The van der Waals surface area contributed by atoms with E-state index in [9.17, 15) is 4.79 Å². The topological polar surface area (TPSA) is 63.3 Å². The third-order valence-electron chi connectivity index (χ3n) is 6.78. The standard InChI is InChI=1S/C25H31N3O4S2/c1-30-24(29)22-18-6-4-2-3-5-7-21(18)34-23(22)26-25(33)28-12-10-27(11-13-28)15-17-8-9-19-20(14-17)32-16-31-19/h8-9,14H,2-7,10-13,15-16H2,1H3,(H,26,33). The first kappa shape index (κ1) is 23.4. The molecule has 3 heterocycles. The quantitative estimate of drug-likeness (QED) is 0.488. The Morgan fingerprint density at radius 1 is 1.09 bits per heavy atom. The van der Waals surface area contributed by atoms with E-state index >= 15 is 0 Å². The lowest BCUT2D eigenvalue weighted by Gasteiger charge is -2.36. The molecule has 2 aromatic rings. The van der Waals surface area contributed by atoms with Gasteiger partial charge in [-0.25, -0.2) is 4.79 Å². The molecule has 1 saturated heterocycles. The predicted octanol–water partition coefficient (Wildman–Crippen LogP) is 4.44. The van der Waals surface area contributed by atoms with Crippen LogP contribution >= 0.6 is 23.6 Å². The fraction of sp³-hybridized carbons (Fsp3) is 0.520. The fourth-order valence-electron chi connectivity index (χ4n) is 4.91. The molecule has 0 radical (unpaired) electrons. The van der Waals surface area contributed by atoms with Gasteiger partial charge in [-0.15, -0.1) is 11.3 Å². The van der Waals surface area contributed by atoms with Crippen LogP contribution < -0.4 is 14.8 Å². The van der Waals surface area contributed by atoms with Crippen LogP contribution in [0.5, 0.6) is 11.5 Å². The maximum Gasteiger partial charge on any atom is 0.341 e. The van der Waals surface area contributed by atoms with E-state index in [0.717, 1.165) is 74.0 Å². The summed E-state index contributed by atoms with van der Waals surface area (Å²) < 4.78 is 16.1. The lowest BCUT2D eigenvalue weighted by Crippen LogP contribution is -2.49. The number of nitrogens with zero attached hydrogens (tertiary/aromatic N) is 2. The first-order valence-corrected chi connectivity index (χ1v) is 13.2. The molecule has 0 spiro atoms. The number of carbonyl (C=O) groups is 1. The summed E-state index contributed by atoms with van der Waals surface area (Å²) in [6, 6.07) is 6.15. The molecule has 1 N–H and O–H groups in total. The number of fused-ring (bicyclic) bond motifs is 2. The monoisotopic (exact) mass is 501 g/mol. The summed E-state index contributed by atoms with van der Waals surface area (Å²) in [5, 5.41) is 4.93. The Bertz CT molecular complexity index is 1060. The molecule has 0 atom stereocenters. The van der Waals surface area contributed by atoms with Gasteiger partial charge in [-0.2, -0.15) is 0 Å². The maximum atomic E-state index is 12.7. The van der Waals surface area contributed by atoms with Crippen LogP contribution in [0.3, 0.4) is 0 Å². The zero-order chi connectivity index (χ0) is 23.5. The number of hydrogen-bond donors (Lipinski definition) is 1. The summed E-state index contributed by atoms with van der Waals surface area (Å²) >= 11 is 7.45. The number of hydrogen-bond acceptors (Lipinski definition) is 7. The van der Waals surface area contributed by atoms with E-state index in [2.05, 4.69) is 27.2 Å². The summed E-state index contributed by atoms with van der Waals surface area (Å²) in [6.07, 6.45) is 6.71. The van der Waals surface area contributed by atoms with Gasteiger partial charge in [0.1, 0.15) is 5.00 Å². The molecule has 1 aromatic heterocycles. The number of esters is 1. The predicted molar refractivity (Wildman–Crippen MR) is 137 cm³/mol. The second-order valence-electron chi connectivity index (χ2n) is 8.99. The minimum Gasteiger partial charge on any atom is -0.465 e. The van der Waals surface area contributed by atoms with Crippen LogP contribution in [0.2, 0.25) is 0 Å². The summed E-state index contributed by atoms with van der Waals surface area (Å²) in [7, 11) is 1.46. The van der Waals surface area contributed by atoms with E-state index in [4.69, 9.17) is 26.4 Å². The number of piperazine rings is 1. The van der Waals surface area contributed by atoms with E-state index in [0.29, 0.717) is 17.5 Å². The molecule has 182 valence electrons. The van der Waals surface area contributed by atoms with Gasteiger partial charge >= 0.3 is 5.97 Å². The Morgan fingerprint density at radius 3 is 2.65 bits per heavy atom. The largest absolute Gasteiger partial charge is 0.465 e. The number of ether oxygens (including phenoxy) is 3. The van der Waals surface area contributed by atoms with E-state index in [1.165, 1.54) is 36.8 Å². The van der Waals surface area contributed by atoms with Crippen molar-refractivity contribution in [1.29, 1.82) is 0 Å². The smallest absolute Gasteiger partial charge is 0.341 e. The Labute approximate surface area is 210 Å². The van der Waals surface area contributed by atoms with Crippen molar-refractivity contribution in [1.82, 2.24) is 9.80 Å². The molecule has 0 bridgehead atoms.